The third-order valence-electron chi connectivity index (χ3n) is 3.23. The number of rotatable bonds is 2. The fourth-order valence-electron chi connectivity index (χ4n) is 2.27. The number of sulfonamides is 1. The van der Waals surface area contributed by atoms with Gasteiger partial charge in [-0.15, -0.1) is 0 Å². The Bertz CT molecular complexity index is 505. The molecular weight excluding hydrogens is 236 g/mol. The van der Waals surface area contributed by atoms with E-state index in [1.54, 1.807) is 25.1 Å². The van der Waals surface area contributed by atoms with Gasteiger partial charge in [0.2, 0.25) is 10.0 Å². The van der Waals surface area contributed by atoms with Crippen LogP contribution < -0.4 is 5.73 Å². The van der Waals surface area contributed by atoms with Gasteiger partial charge in [-0.2, -0.15) is 4.31 Å². The Morgan fingerprint density at radius 1 is 1.41 bits per heavy atom. The van der Waals surface area contributed by atoms with Gasteiger partial charge in [0.1, 0.15) is 4.90 Å². The monoisotopic (exact) mass is 254 g/mol. The lowest BCUT2D eigenvalue weighted by Gasteiger charge is -2.18. The highest BCUT2D eigenvalue weighted by Crippen LogP contribution is 2.29. The highest BCUT2D eigenvalue weighted by atomic mass is 32.2. The molecule has 4 nitrogen and oxygen atoms in total. The van der Waals surface area contributed by atoms with E-state index in [9.17, 15) is 8.42 Å². The fourth-order valence-corrected chi connectivity index (χ4v) is 4.17. The van der Waals surface area contributed by atoms with Crippen LogP contribution in [0.25, 0.3) is 0 Å². The van der Waals surface area contributed by atoms with Gasteiger partial charge in [-0.3, -0.25) is 0 Å². The summed E-state index contributed by atoms with van der Waals surface area (Å²) in [6, 6.07) is 5.19. The molecule has 1 aromatic carbocycles. The highest BCUT2D eigenvalue weighted by molar-refractivity contribution is 7.89. The zero-order valence-electron chi connectivity index (χ0n) is 10.2. The quantitative estimate of drug-likeness (QED) is 0.815. The Morgan fingerprint density at radius 3 is 2.65 bits per heavy atom. The van der Waals surface area contributed by atoms with Gasteiger partial charge in [-0.25, -0.2) is 8.42 Å². The largest absolute Gasteiger partial charge is 0.398 e. The van der Waals surface area contributed by atoms with Crippen molar-refractivity contribution in [2.45, 2.75) is 25.2 Å². The standard InChI is InChI=1S/C12H18N2O2S/c1-9-6-7-14(8-9)17(15,16)12-10(2)4-3-5-11(12)13/h3-5,9H,6-8,13H2,1-2H3. The van der Waals surface area contributed by atoms with Crippen molar-refractivity contribution < 1.29 is 8.42 Å². The van der Waals surface area contributed by atoms with Crippen molar-refractivity contribution in [2.75, 3.05) is 18.8 Å². The zero-order chi connectivity index (χ0) is 12.6. The molecule has 94 valence electrons. The van der Waals surface area contributed by atoms with E-state index in [0.717, 1.165) is 6.42 Å². The normalized spacial score (nSPS) is 21.9. The van der Waals surface area contributed by atoms with E-state index in [2.05, 4.69) is 6.92 Å². The summed E-state index contributed by atoms with van der Waals surface area (Å²) in [5, 5.41) is 0. The molecule has 2 N–H and O–H groups in total. The maximum Gasteiger partial charge on any atom is 0.245 e. The number of nitrogen functional groups attached to an aromatic ring is 1. The lowest BCUT2D eigenvalue weighted by Crippen LogP contribution is -2.29. The molecule has 0 spiro atoms. The van der Waals surface area contributed by atoms with E-state index < -0.39 is 10.0 Å². The molecule has 0 aliphatic carbocycles. The summed E-state index contributed by atoms with van der Waals surface area (Å²) in [6.45, 7) is 5.03. The van der Waals surface area contributed by atoms with Crippen LogP contribution in [0.5, 0.6) is 0 Å². The lowest BCUT2D eigenvalue weighted by molar-refractivity contribution is 0.464. The van der Waals surface area contributed by atoms with Crippen molar-refractivity contribution in [2.24, 2.45) is 5.92 Å². The summed E-state index contributed by atoms with van der Waals surface area (Å²) in [5.41, 5.74) is 6.85. The summed E-state index contributed by atoms with van der Waals surface area (Å²) in [6.07, 6.45) is 0.922. The fraction of sp³-hybridized carbons (Fsp3) is 0.500. The first-order valence-corrected chi connectivity index (χ1v) is 7.22. The summed E-state index contributed by atoms with van der Waals surface area (Å²) >= 11 is 0. The molecule has 0 saturated carbocycles. The Hall–Kier alpha value is -1.07. The van der Waals surface area contributed by atoms with E-state index in [4.69, 9.17) is 5.73 Å². The molecule has 1 aromatic rings. The summed E-state index contributed by atoms with van der Waals surface area (Å²) in [5.74, 6) is 0.426. The Labute approximate surface area is 102 Å². The minimum absolute atomic E-state index is 0.272. The Kier molecular flexibility index (Phi) is 3.14. The predicted molar refractivity (Wildman–Crippen MR) is 68.1 cm³/mol. The van der Waals surface area contributed by atoms with Crippen molar-refractivity contribution in [3.05, 3.63) is 23.8 Å². The molecule has 17 heavy (non-hydrogen) atoms. The van der Waals surface area contributed by atoms with Gasteiger partial charge in [0.05, 0.1) is 5.69 Å². The summed E-state index contributed by atoms with van der Waals surface area (Å²) in [7, 11) is -3.42. The average Bonchev–Trinajstić information content (AvgIpc) is 2.64. The molecule has 1 heterocycles. The molecule has 1 aliphatic heterocycles. The Balaban J connectivity index is 2.45. The molecule has 1 saturated heterocycles. The van der Waals surface area contributed by atoms with Crippen LogP contribution in [0, 0.1) is 12.8 Å². The molecular formula is C12H18N2O2S. The van der Waals surface area contributed by atoms with E-state index in [0.29, 0.717) is 30.3 Å². The lowest BCUT2D eigenvalue weighted by atomic mass is 10.2. The van der Waals surface area contributed by atoms with Gasteiger partial charge in [0.25, 0.3) is 0 Å². The first kappa shape index (κ1) is 12.4. The van der Waals surface area contributed by atoms with Gasteiger partial charge in [0, 0.05) is 13.1 Å². The molecule has 0 bridgehead atoms. The number of anilines is 1. The first-order chi connectivity index (χ1) is 7.93. The molecule has 1 unspecified atom stereocenters. The molecule has 1 aliphatic rings. The minimum Gasteiger partial charge on any atom is -0.398 e. The number of benzene rings is 1. The van der Waals surface area contributed by atoms with Crippen LogP contribution in [0.1, 0.15) is 18.9 Å². The molecule has 1 fully saturated rings. The third-order valence-corrected chi connectivity index (χ3v) is 5.31. The second-order valence-corrected chi connectivity index (χ2v) is 6.62. The van der Waals surface area contributed by atoms with Gasteiger partial charge in [-0.1, -0.05) is 19.1 Å². The molecule has 0 radical (unpaired) electrons. The van der Waals surface area contributed by atoms with Gasteiger partial charge in [0.15, 0.2) is 0 Å². The van der Waals surface area contributed by atoms with Crippen molar-refractivity contribution in [3.63, 3.8) is 0 Å². The molecule has 0 amide bonds. The topological polar surface area (TPSA) is 63.4 Å². The van der Waals surface area contributed by atoms with Crippen molar-refractivity contribution in [1.82, 2.24) is 4.31 Å². The number of aryl methyl sites for hydroxylation is 1. The van der Waals surface area contributed by atoms with Crippen molar-refractivity contribution in [1.29, 1.82) is 0 Å². The third kappa shape index (κ3) is 2.17. The smallest absolute Gasteiger partial charge is 0.245 e. The second kappa shape index (κ2) is 4.31. The van der Waals surface area contributed by atoms with Crippen LogP contribution in [0.3, 0.4) is 0 Å². The summed E-state index contributed by atoms with van der Waals surface area (Å²) in [4.78, 5) is 0.272. The van der Waals surface area contributed by atoms with Crippen LogP contribution in [-0.2, 0) is 10.0 Å². The highest BCUT2D eigenvalue weighted by Gasteiger charge is 2.32. The Morgan fingerprint density at radius 2 is 2.12 bits per heavy atom. The molecule has 2 rings (SSSR count). The summed E-state index contributed by atoms with van der Waals surface area (Å²) < 4.78 is 26.5. The average molecular weight is 254 g/mol. The predicted octanol–water partition coefficient (Wildman–Crippen LogP) is 1.61. The SMILES string of the molecule is Cc1cccc(N)c1S(=O)(=O)N1CCC(C)C1. The van der Waals surface area contributed by atoms with Crippen LogP contribution in [0.2, 0.25) is 0 Å². The molecule has 0 aromatic heterocycles. The van der Waals surface area contributed by atoms with Crippen molar-refractivity contribution in [3.8, 4) is 0 Å². The second-order valence-electron chi connectivity index (χ2n) is 4.75. The van der Waals surface area contributed by atoms with Crippen LogP contribution in [0.4, 0.5) is 5.69 Å². The number of hydrogen-bond donors (Lipinski definition) is 1. The maximum atomic E-state index is 12.5. The molecule has 1 atom stereocenters. The minimum atomic E-state index is -3.42. The van der Waals surface area contributed by atoms with Gasteiger partial charge >= 0.3 is 0 Å². The van der Waals surface area contributed by atoms with E-state index in [1.165, 1.54) is 4.31 Å². The van der Waals surface area contributed by atoms with Gasteiger partial charge < -0.3 is 5.73 Å². The van der Waals surface area contributed by atoms with E-state index in [-0.39, 0.29) is 4.90 Å². The van der Waals surface area contributed by atoms with Crippen molar-refractivity contribution >= 4 is 15.7 Å². The zero-order valence-corrected chi connectivity index (χ0v) is 11.0. The van der Waals surface area contributed by atoms with Crippen LogP contribution in [-0.4, -0.2) is 25.8 Å². The molecule has 5 heteroatoms. The van der Waals surface area contributed by atoms with E-state index in [1.807, 2.05) is 0 Å². The first-order valence-electron chi connectivity index (χ1n) is 5.78. The number of hydrogen-bond acceptors (Lipinski definition) is 3. The van der Waals surface area contributed by atoms with Crippen LogP contribution in [0.15, 0.2) is 23.1 Å². The van der Waals surface area contributed by atoms with Gasteiger partial charge in [-0.05, 0) is 30.9 Å². The maximum absolute atomic E-state index is 12.5. The number of nitrogens with zero attached hydrogens (tertiary/aromatic N) is 1. The van der Waals surface area contributed by atoms with E-state index >= 15 is 0 Å². The van der Waals surface area contributed by atoms with Crippen LogP contribution >= 0.6 is 0 Å². The number of nitrogens with two attached hydrogens (primary N) is 1.